The smallest absolute Gasteiger partial charge is 0.0748 e. The summed E-state index contributed by atoms with van der Waals surface area (Å²) in [5.74, 6) is 0. The van der Waals surface area contributed by atoms with Crippen LogP contribution in [0.3, 0.4) is 0 Å². The molecule has 1 fully saturated rings. The minimum atomic E-state index is 0.319. The molecule has 1 N–H and O–H groups in total. The van der Waals surface area contributed by atoms with Gasteiger partial charge in [-0.15, -0.1) is 11.8 Å². The highest BCUT2D eigenvalue weighted by molar-refractivity contribution is 7.98. The number of anilines is 1. The lowest BCUT2D eigenvalue weighted by molar-refractivity contribution is 0.121. The highest BCUT2D eigenvalue weighted by Gasteiger charge is 2.24. The van der Waals surface area contributed by atoms with Crippen LogP contribution in [0.25, 0.3) is 0 Å². The fraction of sp³-hybridized carbons (Fsp3) is 0.500. The third-order valence-corrected chi connectivity index (χ3v) is 3.62. The minimum absolute atomic E-state index is 0.319. The second kappa shape index (κ2) is 4.90. The lowest BCUT2D eigenvalue weighted by Crippen LogP contribution is -2.26. The van der Waals surface area contributed by atoms with E-state index in [1.165, 1.54) is 10.6 Å². The van der Waals surface area contributed by atoms with Crippen molar-refractivity contribution < 1.29 is 4.74 Å². The second-order valence-corrected chi connectivity index (χ2v) is 4.66. The summed E-state index contributed by atoms with van der Waals surface area (Å²) in [5, 5.41) is 3.56. The molecule has 0 aliphatic carbocycles. The van der Waals surface area contributed by atoms with Gasteiger partial charge in [0.2, 0.25) is 0 Å². The number of rotatable bonds is 3. The predicted molar refractivity (Wildman–Crippen MR) is 65.7 cm³/mol. The molecule has 1 aliphatic heterocycles. The van der Waals surface area contributed by atoms with E-state index in [4.69, 9.17) is 4.74 Å². The molecule has 2 rings (SSSR count). The Hall–Kier alpha value is -0.670. The van der Waals surface area contributed by atoms with Gasteiger partial charge < -0.3 is 10.1 Å². The van der Waals surface area contributed by atoms with Crippen LogP contribution < -0.4 is 5.32 Å². The van der Waals surface area contributed by atoms with Crippen LogP contribution in [0.4, 0.5) is 5.69 Å². The fourth-order valence-corrected chi connectivity index (χ4v) is 2.45. The Balaban J connectivity index is 2.09. The first-order valence-electron chi connectivity index (χ1n) is 5.32. The molecule has 1 aromatic carbocycles. The molecular weight excluding hydrogens is 206 g/mol. The Morgan fingerprint density at radius 3 is 2.87 bits per heavy atom. The van der Waals surface area contributed by atoms with Gasteiger partial charge in [-0.25, -0.2) is 0 Å². The molecule has 0 radical (unpaired) electrons. The van der Waals surface area contributed by atoms with Gasteiger partial charge in [-0.1, -0.05) is 12.1 Å². The lowest BCUT2D eigenvalue weighted by atomic mass is 10.1. The number of ether oxygens (including phenoxy) is 1. The Morgan fingerprint density at radius 2 is 2.20 bits per heavy atom. The van der Waals surface area contributed by atoms with Gasteiger partial charge in [-0.3, -0.25) is 0 Å². The summed E-state index contributed by atoms with van der Waals surface area (Å²) in [6, 6.07) is 8.89. The molecule has 2 atom stereocenters. The minimum Gasteiger partial charge on any atom is -0.379 e. The molecule has 1 heterocycles. The van der Waals surface area contributed by atoms with Gasteiger partial charge in [0, 0.05) is 17.2 Å². The average Bonchev–Trinajstić information content (AvgIpc) is 2.65. The van der Waals surface area contributed by atoms with Crippen molar-refractivity contribution in [3.63, 3.8) is 0 Å². The first kappa shape index (κ1) is 10.8. The van der Waals surface area contributed by atoms with Crippen molar-refractivity contribution in [3.8, 4) is 0 Å². The monoisotopic (exact) mass is 223 g/mol. The summed E-state index contributed by atoms with van der Waals surface area (Å²) in [4.78, 5) is 1.30. The molecule has 0 spiro atoms. The zero-order valence-electron chi connectivity index (χ0n) is 9.19. The van der Waals surface area contributed by atoms with Crippen molar-refractivity contribution in [3.05, 3.63) is 24.3 Å². The summed E-state index contributed by atoms with van der Waals surface area (Å²) >= 11 is 1.78. The SMILES string of the molecule is CSc1ccccc1N[C@@H]1CCO[C@@H]1C. The van der Waals surface area contributed by atoms with E-state index in [9.17, 15) is 0 Å². The van der Waals surface area contributed by atoms with E-state index in [1.807, 2.05) is 0 Å². The van der Waals surface area contributed by atoms with Gasteiger partial charge in [0.05, 0.1) is 12.1 Å². The van der Waals surface area contributed by atoms with Crippen molar-refractivity contribution in [2.45, 2.75) is 30.4 Å². The summed E-state index contributed by atoms with van der Waals surface area (Å²) in [5.41, 5.74) is 1.23. The molecule has 1 saturated heterocycles. The summed E-state index contributed by atoms with van der Waals surface area (Å²) < 4.78 is 5.54. The van der Waals surface area contributed by atoms with Crippen molar-refractivity contribution in [2.75, 3.05) is 18.2 Å². The van der Waals surface area contributed by atoms with E-state index in [2.05, 4.69) is 42.8 Å². The first-order chi connectivity index (χ1) is 7.31. The van der Waals surface area contributed by atoms with E-state index in [1.54, 1.807) is 11.8 Å². The summed E-state index contributed by atoms with van der Waals surface area (Å²) in [6.45, 7) is 3.01. The quantitative estimate of drug-likeness (QED) is 0.796. The van der Waals surface area contributed by atoms with E-state index in [0.29, 0.717) is 12.1 Å². The van der Waals surface area contributed by atoms with Gasteiger partial charge in [0.15, 0.2) is 0 Å². The average molecular weight is 223 g/mol. The lowest BCUT2D eigenvalue weighted by Gasteiger charge is -2.19. The van der Waals surface area contributed by atoms with E-state index >= 15 is 0 Å². The summed E-state index contributed by atoms with van der Waals surface area (Å²) in [6.07, 6.45) is 3.53. The van der Waals surface area contributed by atoms with Crippen LogP contribution in [-0.2, 0) is 4.74 Å². The molecule has 1 aliphatic rings. The number of hydrogen-bond acceptors (Lipinski definition) is 3. The molecule has 0 amide bonds. The standard InChI is InChI=1S/C12H17NOS/c1-9-10(7-8-14-9)13-11-5-3-4-6-12(11)15-2/h3-6,9-10,13H,7-8H2,1-2H3/t9-,10-/m1/s1. The maximum absolute atomic E-state index is 5.54. The van der Waals surface area contributed by atoms with Crippen molar-refractivity contribution in [2.24, 2.45) is 0 Å². The third-order valence-electron chi connectivity index (χ3n) is 2.82. The summed E-state index contributed by atoms with van der Waals surface area (Å²) in [7, 11) is 0. The number of thioether (sulfide) groups is 1. The molecule has 0 saturated carbocycles. The Morgan fingerprint density at radius 1 is 1.40 bits per heavy atom. The maximum atomic E-state index is 5.54. The Bertz CT molecular complexity index is 329. The van der Waals surface area contributed by atoms with Gasteiger partial charge in [-0.05, 0) is 31.7 Å². The van der Waals surface area contributed by atoms with Gasteiger partial charge >= 0.3 is 0 Å². The number of nitrogens with one attached hydrogen (secondary N) is 1. The first-order valence-corrected chi connectivity index (χ1v) is 6.55. The van der Waals surface area contributed by atoms with Crippen LogP contribution in [0.1, 0.15) is 13.3 Å². The second-order valence-electron chi connectivity index (χ2n) is 3.82. The molecule has 0 unspecified atom stereocenters. The number of benzene rings is 1. The van der Waals surface area contributed by atoms with Crippen molar-refractivity contribution >= 4 is 17.4 Å². The van der Waals surface area contributed by atoms with Crippen LogP contribution in [0.2, 0.25) is 0 Å². The van der Waals surface area contributed by atoms with Gasteiger partial charge in [-0.2, -0.15) is 0 Å². The molecule has 0 aromatic heterocycles. The van der Waals surface area contributed by atoms with Crippen LogP contribution in [0.15, 0.2) is 29.2 Å². The van der Waals surface area contributed by atoms with Crippen LogP contribution >= 0.6 is 11.8 Å². The molecular formula is C12H17NOS. The Kier molecular flexibility index (Phi) is 3.54. The maximum Gasteiger partial charge on any atom is 0.0748 e. The van der Waals surface area contributed by atoms with Crippen LogP contribution in [0.5, 0.6) is 0 Å². The molecule has 1 aromatic rings. The van der Waals surface area contributed by atoms with Crippen molar-refractivity contribution in [1.29, 1.82) is 0 Å². The topological polar surface area (TPSA) is 21.3 Å². The third kappa shape index (κ3) is 2.47. The highest BCUT2D eigenvalue weighted by Crippen LogP contribution is 2.27. The number of para-hydroxylation sites is 1. The molecule has 3 heteroatoms. The van der Waals surface area contributed by atoms with Crippen molar-refractivity contribution in [1.82, 2.24) is 0 Å². The predicted octanol–water partition coefficient (Wildman–Crippen LogP) is 3.00. The molecule has 2 nitrogen and oxygen atoms in total. The fourth-order valence-electron chi connectivity index (χ4n) is 1.88. The zero-order valence-corrected chi connectivity index (χ0v) is 10.0. The van der Waals surface area contributed by atoms with E-state index in [0.717, 1.165) is 13.0 Å². The molecule has 15 heavy (non-hydrogen) atoms. The van der Waals surface area contributed by atoms with Crippen LogP contribution in [-0.4, -0.2) is 25.0 Å². The van der Waals surface area contributed by atoms with Crippen LogP contribution in [0, 0.1) is 0 Å². The van der Waals surface area contributed by atoms with E-state index < -0.39 is 0 Å². The molecule has 82 valence electrons. The largest absolute Gasteiger partial charge is 0.379 e. The van der Waals surface area contributed by atoms with Gasteiger partial charge in [0.1, 0.15) is 0 Å². The van der Waals surface area contributed by atoms with Gasteiger partial charge in [0.25, 0.3) is 0 Å². The normalized spacial score (nSPS) is 25.5. The highest BCUT2D eigenvalue weighted by atomic mass is 32.2. The zero-order chi connectivity index (χ0) is 10.7. The Labute approximate surface area is 95.4 Å². The van der Waals surface area contributed by atoms with E-state index in [-0.39, 0.29) is 0 Å². The molecule has 0 bridgehead atoms. The number of hydrogen-bond donors (Lipinski definition) is 1.